The van der Waals surface area contributed by atoms with Crippen molar-refractivity contribution in [2.45, 2.75) is 85.7 Å². The van der Waals surface area contributed by atoms with Crippen molar-refractivity contribution in [2.24, 2.45) is 45.3 Å². The molecule has 4 aliphatic carbocycles. The molecule has 166 valence electrons. The minimum atomic E-state index is -0.415. The highest BCUT2D eigenvalue weighted by Crippen LogP contribution is 2.74. The number of fused-ring (bicyclic) bond motifs is 4. The summed E-state index contributed by atoms with van der Waals surface area (Å²) in [6, 6.07) is 0. The number of hydrogen-bond acceptors (Lipinski definition) is 4. The third kappa shape index (κ3) is 2.27. The number of Topliss-reactive ketones (excluding diaryl/α,β-unsaturated/α-hetero) is 1. The number of hydrogen-bond donors (Lipinski definition) is 1. The first-order valence-corrected chi connectivity index (χ1v) is 12.0. The van der Waals surface area contributed by atoms with Gasteiger partial charge >= 0.3 is 5.97 Å². The first kappa shape index (κ1) is 20.7. The van der Waals surface area contributed by atoms with Gasteiger partial charge in [-0.15, -0.1) is 0 Å². The number of ether oxygens (including phenoxy) is 1. The van der Waals surface area contributed by atoms with Crippen molar-refractivity contribution in [3.63, 3.8) is 0 Å². The molecule has 0 radical (unpaired) electrons. The summed E-state index contributed by atoms with van der Waals surface area (Å²) in [5, 5.41) is 10.9. The fourth-order valence-electron chi connectivity index (χ4n) is 9.72. The molecule has 1 saturated heterocycles. The number of aliphatic hydroxyl groups excluding tert-OH is 1. The Labute approximate surface area is 180 Å². The Morgan fingerprint density at radius 3 is 2.53 bits per heavy atom. The summed E-state index contributed by atoms with van der Waals surface area (Å²) >= 11 is 0. The molecule has 4 fully saturated rings. The van der Waals surface area contributed by atoms with Gasteiger partial charge in [0.1, 0.15) is 6.10 Å². The van der Waals surface area contributed by atoms with Gasteiger partial charge in [0.15, 0.2) is 5.78 Å². The molecule has 5 aliphatic rings. The molecule has 0 aromatic carbocycles. The van der Waals surface area contributed by atoms with E-state index in [1.807, 2.05) is 0 Å². The lowest BCUT2D eigenvalue weighted by molar-refractivity contribution is -0.231. The van der Waals surface area contributed by atoms with E-state index in [2.05, 4.69) is 33.8 Å². The number of ketones is 1. The summed E-state index contributed by atoms with van der Waals surface area (Å²) in [6.07, 6.45) is 9.37. The van der Waals surface area contributed by atoms with E-state index < -0.39 is 5.92 Å². The van der Waals surface area contributed by atoms with Gasteiger partial charge in [0.05, 0.1) is 5.92 Å². The molecule has 0 amide bonds. The lowest BCUT2D eigenvalue weighted by Gasteiger charge is -2.69. The zero-order valence-corrected chi connectivity index (χ0v) is 19.3. The minimum Gasteiger partial charge on any atom is -0.461 e. The smallest absolute Gasteiger partial charge is 0.314 e. The van der Waals surface area contributed by atoms with Crippen LogP contribution in [0.4, 0.5) is 0 Å². The van der Waals surface area contributed by atoms with Crippen LogP contribution >= 0.6 is 0 Å². The third-order valence-corrected chi connectivity index (χ3v) is 11.0. The lowest BCUT2D eigenvalue weighted by Crippen LogP contribution is -2.66. The molecular weight excluding hydrogens is 376 g/mol. The molecule has 0 bridgehead atoms. The molecular formula is C26H38O4. The van der Waals surface area contributed by atoms with Crippen molar-refractivity contribution in [3.05, 3.63) is 11.6 Å². The molecule has 0 aromatic rings. The molecule has 1 heterocycles. The highest BCUT2D eigenvalue weighted by atomic mass is 16.6. The van der Waals surface area contributed by atoms with Crippen molar-refractivity contribution in [1.29, 1.82) is 0 Å². The number of allylic oxidation sites excluding steroid dienone is 1. The largest absolute Gasteiger partial charge is 0.461 e. The van der Waals surface area contributed by atoms with Gasteiger partial charge in [-0.05, 0) is 74.0 Å². The van der Waals surface area contributed by atoms with Crippen molar-refractivity contribution < 1.29 is 19.4 Å². The van der Waals surface area contributed by atoms with Crippen LogP contribution in [0.15, 0.2) is 11.6 Å². The molecule has 5 rings (SSSR count). The number of rotatable bonds is 2. The topological polar surface area (TPSA) is 63.6 Å². The van der Waals surface area contributed by atoms with E-state index in [1.165, 1.54) is 12.8 Å². The molecule has 3 saturated carbocycles. The van der Waals surface area contributed by atoms with Gasteiger partial charge in [0.2, 0.25) is 0 Å². The molecule has 4 heteroatoms. The standard InChI is InChI=1S/C26H38O4/c1-15(28)16-7-8-18-24(4)12-9-17-23(2,3)10-6-11-26(17,14-27)19(24)13-20-25(18,5)21(16)22(29)30-20/h7,17-21,27H,6,8-14H2,1-5H3/t17-,18-,19-,20+,21+,24-,25+,26+/m0/s1. The summed E-state index contributed by atoms with van der Waals surface area (Å²) in [5.41, 5.74) is 0.583. The molecule has 1 aliphatic heterocycles. The minimum absolute atomic E-state index is 0.00844. The molecule has 30 heavy (non-hydrogen) atoms. The van der Waals surface area contributed by atoms with Gasteiger partial charge in [-0.3, -0.25) is 9.59 Å². The van der Waals surface area contributed by atoms with Crippen LogP contribution in [0.5, 0.6) is 0 Å². The van der Waals surface area contributed by atoms with E-state index in [0.717, 1.165) is 32.1 Å². The Morgan fingerprint density at radius 1 is 1.13 bits per heavy atom. The van der Waals surface area contributed by atoms with Crippen molar-refractivity contribution in [2.75, 3.05) is 6.61 Å². The van der Waals surface area contributed by atoms with E-state index >= 15 is 0 Å². The average Bonchev–Trinajstić information content (AvgIpc) is 2.93. The Hall–Kier alpha value is -1.16. The van der Waals surface area contributed by atoms with E-state index in [0.29, 0.717) is 23.3 Å². The second-order valence-electron chi connectivity index (χ2n) is 12.3. The Balaban J connectivity index is 1.64. The predicted octanol–water partition coefficient (Wildman–Crippen LogP) is 4.69. The molecule has 0 spiro atoms. The first-order valence-electron chi connectivity index (χ1n) is 12.0. The quantitative estimate of drug-likeness (QED) is 0.666. The Morgan fingerprint density at radius 2 is 1.87 bits per heavy atom. The molecule has 1 N–H and O–H groups in total. The molecule has 8 atom stereocenters. The second kappa shape index (κ2) is 6.21. The summed E-state index contributed by atoms with van der Waals surface area (Å²) in [4.78, 5) is 25.4. The SMILES string of the molecule is CC(=O)C1=CC[C@H]2[C@]3(C)CC[C@H]4C(C)(C)CCC[C@]4(CO)[C@H]3C[C@H]3OC(=O)[C@@H]1[C@@]32C. The number of esters is 1. The van der Waals surface area contributed by atoms with Crippen molar-refractivity contribution in [1.82, 2.24) is 0 Å². The average molecular weight is 415 g/mol. The fraction of sp³-hybridized carbons (Fsp3) is 0.846. The van der Waals surface area contributed by atoms with Crippen LogP contribution in [0.25, 0.3) is 0 Å². The number of carbonyl (C=O) groups is 2. The van der Waals surface area contributed by atoms with E-state index in [9.17, 15) is 14.7 Å². The maximum atomic E-state index is 13.1. The normalized spacial score (nSPS) is 51.2. The molecule has 4 nitrogen and oxygen atoms in total. The van der Waals surface area contributed by atoms with Gasteiger partial charge < -0.3 is 9.84 Å². The Kier molecular flexibility index (Phi) is 4.29. The van der Waals surface area contributed by atoms with Crippen molar-refractivity contribution >= 4 is 11.8 Å². The van der Waals surface area contributed by atoms with Crippen molar-refractivity contribution in [3.8, 4) is 0 Å². The van der Waals surface area contributed by atoms with Crippen LogP contribution < -0.4 is 0 Å². The maximum Gasteiger partial charge on any atom is 0.314 e. The van der Waals surface area contributed by atoms with Crippen LogP contribution in [0.1, 0.15) is 79.6 Å². The van der Waals surface area contributed by atoms with Crippen LogP contribution in [0, 0.1) is 45.3 Å². The van der Waals surface area contributed by atoms with Crippen LogP contribution in [0.2, 0.25) is 0 Å². The van der Waals surface area contributed by atoms with Crippen LogP contribution in [0.3, 0.4) is 0 Å². The van der Waals surface area contributed by atoms with Gasteiger partial charge in [-0.1, -0.05) is 40.2 Å². The lowest BCUT2D eigenvalue weighted by atomic mass is 9.35. The number of carbonyl (C=O) groups excluding carboxylic acids is 2. The van der Waals surface area contributed by atoms with E-state index in [1.54, 1.807) is 6.92 Å². The van der Waals surface area contributed by atoms with Gasteiger partial charge in [-0.2, -0.15) is 0 Å². The summed E-state index contributed by atoms with van der Waals surface area (Å²) in [7, 11) is 0. The number of aliphatic hydroxyl groups is 1. The van der Waals surface area contributed by atoms with E-state index in [4.69, 9.17) is 4.74 Å². The Bertz CT molecular complexity index is 827. The third-order valence-electron chi connectivity index (χ3n) is 11.0. The van der Waals surface area contributed by atoms with Gasteiger partial charge in [0, 0.05) is 23.0 Å². The maximum absolute atomic E-state index is 13.1. The summed E-state index contributed by atoms with van der Waals surface area (Å²) in [5.74, 6) is 0.578. The predicted molar refractivity (Wildman–Crippen MR) is 114 cm³/mol. The van der Waals surface area contributed by atoms with Gasteiger partial charge in [0.25, 0.3) is 0 Å². The summed E-state index contributed by atoms with van der Waals surface area (Å²) < 4.78 is 6.06. The second-order valence-corrected chi connectivity index (χ2v) is 12.3. The highest BCUT2D eigenvalue weighted by Gasteiger charge is 2.73. The van der Waals surface area contributed by atoms with Crippen LogP contribution in [-0.4, -0.2) is 29.6 Å². The fourth-order valence-corrected chi connectivity index (χ4v) is 9.72. The van der Waals surface area contributed by atoms with E-state index in [-0.39, 0.29) is 46.1 Å². The monoisotopic (exact) mass is 414 g/mol. The highest BCUT2D eigenvalue weighted by molar-refractivity contribution is 6.00. The molecule has 0 unspecified atom stereocenters. The zero-order valence-electron chi connectivity index (χ0n) is 19.3. The summed E-state index contributed by atoms with van der Waals surface area (Å²) in [6.45, 7) is 11.3. The van der Waals surface area contributed by atoms with Crippen LogP contribution in [-0.2, 0) is 14.3 Å². The van der Waals surface area contributed by atoms with Gasteiger partial charge in [-0.25, -0.2) is 0 Å². The first-order chi connectivity index (χ1) is 14.0. The molecule has 0 aromatic heterocycles. The zero-order chi connectivity index (χ0) is 21.7.